The van der Waals surface area contributed by atoms with Gasteiger partial charge in [-0.3, -0.25) is 4.98 Å². The molecule has 0 spiro atoms. The Labute approximate surface area is 103 Å². The van der Waals surface area contributed by atoms with E-state index in [0.717, 1.165) is 0 Å². The van der Waals surface area contributed by atoms with E-state index in [1.165, 1.54) is 22.4 Å². The summed E-state index contributed by atoms with van der Waals surface area (Å²) in [7, 11) is 0. The molecule has 0 fully saturated rings. The lowest BCUT2D eigenvalue weighted by Crippen LogP contribution is -2.08. The van der Waals surface area contributed by atoms with Crippen LogP contribution in [0, 0.1) is 13.8 Å². The van der Waals surface area contributed by atoms with Gasteiger partial charge in [-0.05, 0) is 55.7 Å². The van der Waals surface area contributed by atoms with Crippen LogP contribution in [0.5, 0.6) is 0 Å². The number of nitrogens with zero attached hydrogens (tertiary/aromatic N) is 1. The first-order chi connectivity index (χ1) is 8.18. The summed E-state index contributed by atoms with van der Waals surface area (Å²) >= 11 is 0. The van der Waals surface area contributed by atoms with Gasteiger partial charge in [-0.2, -0.15) is 0 Å². The standard InChI is InChI=1S/C15H18N2/c1-11-5-4-6-15(12(11)2)17-13(3)14-7-9-16-10-8-14/h4-10,13,17H,1-3H3. The van der Waals surface area contributed by atoms with Crippen LogP contribution in [0.2, 0.25) is 0 Å². The second-order valence-corrected chi connectivity index (χ2v) is 4.39. The van der Waals surface area contributed by atoms with E-state index in [1.807, 2.05) is 24.5 Å². The van der Waals surface area contributed by atoms with E-state index in [9.17, 15) is 0 Å². The third kappa shape index (κ3) is 2.64. The third-order valence-corrected chi connectivity index (χ3v) is 3.18. The molecule has 1 aromatic heterocycles. The molecule has 1 N–H and O–H groups in total. The number of hydrogen-bond donors (Lipinski definition) is 1. The van der Waals surface area contributed by atoms with Crippen LogP contribution in [0.15, 0.2) is 42.7 Å². The monoisotopic (exact) mass is 226 g/mol. The van der Waals surface area contributed by atoms with Crippen molar-refractivity contribution in [3.63, 3.8) is 0 Å². The minimum Gasteiger partial charge on any atom is -0.378 e. The quantitative estimate of drug-likeness (QED) is 0.859. The van der Waals surface area contributed by atoms with Crippen molar-refractivity contribution in [3.05, 3.63) is 59.4 Å². The lowest BCUT2D eigenvalue weighted by Gasteiger charge is -2.18. The molecular formula is C15H18N2. The second-order valence-electron chi connectivity index (χ2n) is 4.39. The summed E-state index contributed by atoms with van der Waals surface area (Å²) in [4.78, 5) is 4.04. The molecule has 2 rings (SSSR count). The Bertz CT molecular complexity index is 492. The number of aromatic nitrogens is 1. The number of anilines is 1. The van der Waals surface area contributed by atoms with E-state index in [2.05, 4.69) is 49.3 Å². The van der Waals surface area contributed by atoms with Crippen molar-refractivity contribution >= 4 is 5.69 Å². The smallest absolute Gasteiger partial charge is 0.0486 e. The molecule has 0 aliphatic carbocycles. The lowest BCUT2D eigenvalue weighted by molar-refractivity contribution is 0.878. The molecule has 88 valence electrons. The Morgan fingerprint density at radius 1 is 1.06 bits per heavy atom. The molecule has 0 amide bonds. The fraction of sp³-hybridized carbons (Fsp3) is 0.267. The van der Waals surface area contributed by atoms with Crippen molar-refractivity contribution in [1.29, 1.82) is 0 Å². The molecule has 1 atom stereocenters. The zero-order chi connectivity index (χ0) is 12.3. The number of pyridine rings is 1. The summed E-state index contributed by atoms with van der Waals surface area (Å²) < 4.78 is 0. The molecule has 0 bridgehead atoms. The van der Waals surface area contributed by atoms with Crippen molar-refractivity contribution in [1.82, 2.24) is 4.98 Å². The van der Waals surface area contributed by atoms with Crippen molar-refractivity contribution in [3.8, 4) is 0 Å². The van der Waals surface area contributed by atoms with Crippen LogP contribution >= 0.6 is 0 Å². The lowest BCUT2D eigenvalue weighted by atomic mass is 10.1. The fourth-order valence-electron chi connectivity index (χ4n) is 1.88. The third-order valence-electron chi connectivity index (χ3n) is 3.18. The number of hydrogen-bond acceptors (Lipinski definition) is 2. The number of aryl methyl sites for hydroxylation is 1. The van der Waals surface area contributed by atoms with Gasteiger partial charge in [-0.25, -0.2) is 0 Å². The number of benzene rings is 1. The molecule has 2 heteroatoms. The summed E-state index contributed by atoms with van der Waals surface area (Å²) in [5, 5.41) is 3.54. The average Bonchev–Trinajstić information content (AvgIpc) is 2.36. The van der Waals surface area contributed by atoms with Crippen molar-refractivity contribution < 1.29 is 0 Å². The zero-order valence-electron chi connectivity index (χ0n) is 10.6. The molecule has 0 aliphatic rings. The van der Waals surface area contributed by atoms with Gasteiger partial charge in [0.1, 0.15) is 0 Å². The molecule has 2 aromatic rings. The predicted octanol–water partition coefficient (Wildman–Crippen LogP) is 3.87. The molecule has 1 heterocycles. The van der Waals surface area contributed by atoms with E-state index in [1.54, 1.807) is 0 Å². The highest BCUT2D eigenvalue weighted by Gasteiger charge is 2.06. The Balaban J connectivity index is 2.19. The van der Waals surface area contributed by atoms with E-state index in [4.69, 9.17) is 0 Å². The molecule has 1 aromatic carbocycles. The van der Waals surface area contributed by atoms with Crippen LogP contribution in [0.1, 0.15) is 29.7 Å². The topological polar surface area (TPSA) is 24.9 Å². The summed E-state index contributed by atoms with van der Waals surface area (Å²) in [5.74, 6) is 0. The van der Waals surface area contributed by atoms with Crippen LogP contribution in [0.3, 0.4) is 0 Å². The van der Waals surface area contributed by atoms with Gasteiger partial charge in [-0.1, -0.05) is 12.1 Å². The van der Waals surface area contributed by atoms with Crippen LogP contribution in [-0.4, -0.2) is 4.98 Å². The maximum Gasteiger partial charge on any atom is 0.0486 e. The summed E-state index contributed by atoms with van der Waals surface area (Å²) in [6.45, 7) is 6.45. The van der Waals surface area contributed by atoms with Gasteiger partial charge < -0.3 is 5.32 Å². The normalized spacial score (nSPS) is 12.2. The number of rotatable bonds is 3. The highest BCUT2D eigenvalue weighted by atomic mass is 14.9. The zero-order valence-corrected chi connectivity index (χ0v) is 10.6. The van der Waals surface area contributed by atoms with Crippen molar-refractivity contribution in [2.45, 2.75) is 26.8 Å². The van der Waals surface area contributed by atoms with E-state index in [-0.39, 0.29) is 0 Å². The fourth-order valence-corrected chi connectivity index (χ4v) is 1.88. The first-order valence-electron chi connectivity index (χ1n) is 5.91. The Hall–Kier alpha value is -1.83. The highest BCUT2D eigenvalue weighted by Crippen LogP contribution is 2.23. The van der Waals surface area contributed by atoms with Gasteiger partial charge in [-0.15, -0.1) is 0 Å². The minimum absolute atomic E-state index is 0.290. The summed E-state index contributed by atoms with van der Waals surface area (Å²) in [6.07, 6.45) is 3.66. The molecule has 0 saturated heterocycles. The van der Waals surface area contributed by atoms with E-state index in [0.29, 0.717) is 6.04 Å². The molecule has 0 saturated carbocycles. The minimum atomic E-state index is 0.290. The van der Waals surface area contributed by atoms with Gasteiger partial charge in [0.05, 0.1) is 0 Å². The Morgan fingerprint density at radius 2 is 1.76 bits per heavy atom. The Morgan fingerprint density at radius 3 is 2.47 bits per heavy atom. The maximum atomic E-state index is 4.04. The molecule has 0 aliphatic heterocycles. The van der Waals surface area contributed by atoms with E-state index >= 15 is 0 Å². The molecule has 17 heavy (non-hydrogen) atoms. The van der Waals surface area contributed by atoms with Crippen LogP contribution in [0.25, 0.3) is 0 Å². The largest absolute Gasteiger partial charge is 0.378 e. The van der Waals surface area contributed by atoms with Crippen LogP contribution in [-0.2, 0) is 0 Å². The van der Waals surface area contributed by atoms with Gasteiger partial charge in [0.15, 0.2) is 0 Å². The molecular weight excluding hydrogens is 208 g/mol. The van der Waals surface area contributed by atoms with Gasteiger partial charge in [0.2, 0.25) is 0 Å². The summed E-state index contributed by atoms with van der Waals surface area (Å²) in [5.41, 5.74) is 5.08. The van der Waals surface area contributed by atoms with Crippen LogP contribution < -0.4 is 5.32 Å². The van der Waals surface area contributed by atoms with Crippen LogP contribution in [0.4, 0.5) is 5.69 Å². The number of nitrogens with one attached hydrogen (secondary N) is 1. The van der Waals surface area contributed by atoms with Gasteiger partial charge in [0, 0.05) is 24.1 Å². The maximum absolute atomic E-state index is 4.04. The molecule has 2 nitrogen and oxygen atoms in total. The first kappa shape index (κ1) is 11.6. The average molecular weight is 226 g/mol. The van der Waals surface area contributed by atoms with E-state index < -0.39 is 0 Å². The molecule has 0 radical (unpaired) electrons. The second kappa shape index (κ2) is 5.00. The SMILES string of the molecule is Cc1cccc(NC(C)c2ccncc2)c1C. The van der Waals surface area contributed by atoms with Gasteiger partial charge >= 0.3 is 0 Å². The predicted molar refractivity (Wildman–Crippen MR) is 72.2 cm³/mol. The van der Waals surface area contributed by atoms with Gasteiger partial charge in [0.25, 0.3) is 0 Å². The molecule has 1 unspecified atom stereocenters. The summed E-state index contributed by atoms with van der Waals surface area (Å²) in [6, 6.07) is 10.7. The van der Waals surface area contributed by atoms with Crippen molar-refractivity contribution in [2.24, 2.45) is 0 Å². The Kier molecular flexibility index (Phi) is 3.43. The highest BCUT2D eigenvalue weighted by molar-refractivity contribution is 5.54. The van der Waals surface area contributed by atoms with Crippen molar-refractivity contribution in [2.75, 3.05) is 5.32 Å². The first-order valence-corrected chi connectivity index (χ1v) is 5.91.